The monoisotopic (exact) mass is 145 g/mol. The van der Waals surface area contributed by atoms with Crippen molar-refractivity contribution >= 4 is 15.9 Å². The predicted octanol–water partition coefficient (Wildman–Crippen LogP) is 2.27. The Morgan fingerprint density at radius 1 is 1.67 bits per heavy atom. The summed E-state index contributed by atoms with van der Waals surface area (Å²) in [7, 11) is 0. The molecule has 0 spiro atoms. The standard InChI is InChI=1S/C5H6Br/c1-2-3-4-5-6/h1-2,4-5H,3H2. The summed E-state index contributed by atoms with van der Waals surface area (Å²) in [5.74, 6) is 0. The van der Waals surface area contributed by atoms with Crippen molar-refractivity contribution < 1.29 is 0 Å². The number of hydrogen-bond donors (Lipinski definition) is 0. The van der Waals surface area contributed by atoms with Gasteiger partial charge in [0.25, 0.3) is 0 Å². The lowest BCUT2D eigenvalue weighted by Gasteiger charge is -1.68. The third kappa shape index (κ3) is 3.96. The van der Waals surface area contributed by atoms with E-state index in [-0.39, 0.29) is 0 Å². The van der Waals surface area contributed by atoms with E-state index < -0.39 is 0 Å². The van der Waals surface area contributed by atoms with Gasteiger partial charge in [-0.3, -0.25) is 0 Å². The number of allylic oxidation sites excluding steroid dienone is 2. The summed E-state index contributed by atoms with van der Waals surface area (Å²) in [5, 5.41) is 0. The Labute approximate surface area is 46.7 Å². The first-order chi connectivity index (χ1) is 2.91. The Bertz CT molecular complexity index is 55.0. The van der Waals surface area contributed by atoms with Crippen LogP contribution >= 0.6 is 15.9 Å². The summed E-state index contributed by atoms with van der Waals surface area (Å²) in [6.07, 6.45) is 4.35. The topological polar surface area (TPSA) is 0 Å². The third-order valence-electron chi connectivity index (χ3n) is 0.361. The van der Waals surface area contributed by atoms with Crippen molar-refractivity contribution in [2.45, 2.75) is 6.42 Å². The normalized spacial score (nSPS) is 9.50. The summed E-state index contributed by atoms with van der Waals surface area (Å²) < 4.78 is 0. The zero-order valence-corrected chi connectivity index (χ0v) is 4.98. The molecule has 0 saturated carbocycles. The van der Waals surface area contributed by atoms with Gasteiger partial charge in [-0.25, -0.2) is 0 Å². The Hall–Kier alpha value is -0.0400. The molecular weight excluding hydrogens is 140 g/mol. The zero-order chi connectivity index (χ0) is 4.83. The summed E-state index contributed by atoms with van der Waals surface area (Å²) in [6.45, 7) is 5.02. The van der Waals surface area contributed by atoms with Crippen LogP contribution in [0.2, 0.25) is 0 Å². The fourth-order valence-electron chi connectivity index (χ4n) is 0.130. The van der Waals surface area contributed by atoms with Gasteiger partial charge in [0.1, 0.15) is 0 Å². The van der Waals surface area contributed by atoms with Gasteiger partial charge in [0.2, 0.25) is 0 Å². The maximum Gasteiger partial charge on any atom is -0.0158 e. The highest BCUT2D eigenvalue weighted by molar-refractivity contribution is 9.11. The highest BCUT2D eigenvalue weighted by Gasteiger charge is 1.59. The van der Waals surface area contributed by atoms with Crippen molar-refractivity contribution in [1.82, 2.24) is 0 Å². The van der Waals surface area contributed by atoms with E-state index in [1.54, 1.807) is 11.1 Å². The summed E-state index contributed by atoms with van der Waals surface area (Å²) >= 11 is 3.09. The van der Waals surface area contributed by atoms with Crippen LogP contribution in [0, 0.1) is 6.58 Å². The molecule has 0 aromatic carbocycles. The van der Waals surface area contributed by atoms with E-state index in [1.807, 2.05) is 6.08 Å². The van der Waals surface area contributed by atoms with E-state index in [2.05, 4.69) is 15.9 Å². The molecule has 0 aromatic rings. The van der Waals surface area contributed by atoms with Crippen molar-refractivity contribution in [3.05, 3.63) is 23.7 Å². The molecule has 0 aliphatic rings. The molecule has 0 aromatic heterocycles. The molecule has 0 N–H and O–H groups in total. The highest BCUT2D eigenvalue weighted by atomic mass is 79.9. The first kappa shape index (κ1) is 5.96. The van der Waals surface area contributed by atoms with Gasteiger partial charge in [0, 0.05) is 0 Å². The van der Waals surface area contributed by atoms with Crippen LogP contribution < -0.4 is 0 Å². The molecule has 0 unspecified atom stereocenters. The lowest BCUT2D eigenvalue weighted by molar-refractivity contribution is 1.41. The van der Waals surface area contributed by atoms with Crippen LogP contribution in [0.25, 0.3) is 0 Å². The number of halogens is 1. The maximum atomic E-state index is 5.02. The van der Waals surface area contributed by atoms with Crippen molar-refractivity contribution in [2.24, 2.45) is 0 Å². The molecule has 0 saturated heterocycles. The molecule has 0 aliphatic carbocycles. The Morgan fingerprint density at radius 3 is 2.50 bits per heavy atom. The van der Waals surface area contributed by atoms with E-state index in [4.69, 9.17) is 6.58 Å². The maximum absolute atomic E-state index is 5.02. The van der Waals surface area contributed by atoms with Crippen LogP contribution in [-0.2, 0) is 0 Å². The van der Waals surface area contributed by atoms with Gasteiger partial charge >= 0.3 is 0 Å². The molecular formula is C5H6Br. The second-order valence-corrected chi connectivity index (χ2v) is 1.36. The van der Waals surface area contributed by atoms with Gasteiger partial charge in [-0.2, -0.15) is 0 Å². The summed E-state index contributed by atoms with van der Waals surface area (Å²) in [5.41, 5.74) is 0. The molecule has 0 heterocycles. The number of hydrogen-bond acceptors (Lipinski definition) is 0. The Kier molecular flexibility index (Phi) is 4.93. The SMILES string of the molecule is [CH]=CCC=CBr. The van der Waals surface area contributed by atoms with Crippen molar-refractivity contribution in [2.75, 3.05) is 0 Å². The van der Waals surface area contributed by atoms with Crippen LogP contribution in [0.3, 0.4) is 0 Å². The van der Waals surface area contributed by atoms with Gasteiger partial charge in [-0.1, -0.05) is 34.7 Å². The van der Waals surface area contributed by atoms with Crippen LogP contribution in [0.4, 0.5) is 0 Å². The minimum atomic E-state index is 0.839. The first-order valence-corrected chi connectivity index (χ1v) is 2.62. The van der Waals surface area contributed by atoms with E-state index in [1.165, 1.54) is 0 Å². The minimum absolute atomic E-state index is 0.839. The van der Waals surface area contributed by atoms with Crippen LogP contribution in [-0.4, -0.2) is 0 Å². The van der Waals surface area contributed by atoms with E-state index in [0.29, 0.717) is 0 Å². The largest absolute Gasteiger partial charge is 0.0807 e. The molecule has 0 atom stereocenters. The lowest BCUT2D eigenvalue weighted by Crippen LogP contribution is -1.46. The predicted molar refractivity (Wildman–Crippen MR) is 31.6 cm³/mol. The average Bonchev–Trinajstić information content (AvgIpc) is 1.61. The van der Waals surface area contributed by atoms with Gasteiger partial charge in [-0.15, -0.1) is 0 Å². The van der Waals surface area contributed by atoms with Gasteiger partial charge in [-0.05, 0) is 11.4 Å². The molecule has 0 nitrogen and oxygen atoms in total. The second-order valence-electron chi connectivity index (χ2n) is 0.833. The van der Waals surface area contributed by atoms with E-state index in [0.717, 1.165) is 6.42 Å². The lowest BCUT2D eigenvalue weighted by atomic mass is 10.4. The third-order valence-corrected chi connectivity index (χ3v) is 0.735. The highest BCUT2D eigenvalue weighted by Crippen LogP contribution is 1.86. The van der Waals surface area contributed by atoms with Crippen molar-refractivity contribution in [1.29, 1.82) is 0 Å². The average molecular weight is 146 g/mol. The van der Waals surface area contributed by atoms with Gasteiger partial charge in [0.05, 0.1) is 0 Å². The molecule has 1 radical (unpaired) electrons. The minimum Gasteiger partial charge on any atom is -0.0807 e. The first-order valence-electron chi connectivity index (χ1n) is 1.70. The van der Waals surface area contributed by atoms with Crippen LogP contribution in [0.1, 0.15) is 6.42 Å². The molecule has 0 rings (SSSR count). The zero-order valence-electron chi connectivity index (χ0n) is 3.39. The van der Waals surface area contributed by atoms with Crippen LogP contribution in [0.5, 0.6) is 0 Å². The fourth-order valence-corrected chi connectivity index (χ4v) is 0.346. The van der Waals surface area contributed by atoms with Gasteiger partial charge in [0.15, 0.2) is 0 Å². The van der Waals surface area contributed by atoms with Crippen molar-refractivity contribution in [3.63, 3.8) is 0 Å². The Morgan fingerprint density at radius 2 is 2.33 bits per heavy atom. The number of rotatable bonds is 2. The molecule has 0 bridgehead atoms. The smallest absolute Gasteiger partial charge is 0.0158 e. The molecule has 0 aliphatic heterocycles. The summed E-state index contributed by atoms with van der Waals surface area (Å²) in [6, 6.07) is 0. The van der Waals surface area contributed by atoms with Crippen molar-refractivity contribution in [3.8, 4) is 0 Å². The van der Waals surface area contributed by atoms with Gasteiger partial charge < -0.3 is 0 Å². The molecule has 0 amide bonds. The fraction of sp³-hybridized carbons (Fsp3) is 0.200. The van der Waals surface area contributed by atoms with E-state index >= 15 is 0 Å². The molecule has 33 valence electrons. The van der Waals surface area contributed by atoms with E-state index in [9.17, 15) is 0 Å². The van der Waals surface area contributed by atoms with Crippen LogP contribution in [0.15, 0.2) is 17.1 Å². The molecule has 6 heavy (non-hydrogen) atoms. The summed E-state index contributed by atoms with van der Waals surface area (Å²) in [4.78, 5) is 1.79. The molecule has 1 heteroatoms. The Balaban J connectivity index is 2.85. The quantitative estimate of drug-likeness (QED) is 0.560. The second kappa shape index (κ2) is 4.96. The molecule has 0 fully saturated rings.